The SMILES string of the molecule is CC(=O)NCCCNC(=O)c1nn(-c2ccc(Cl)c(Cl)c2)c2c1CCC2. The largest absolute Gasteiger partial charge is 0.356 e. The van der Waals surface area contributed by atoms with Crippen molar-refractivity contribution in [1.29, 1.82) is 0 Å². The molecule has 1 aliphatic rings. The highest BCUT2D eigenvalue weighted by atomic mass is 35.5. The van der Waals surface area contributed by atoms with Crippen LogP contribution in [0, 0.1) is 0 Å². The first-order chi connectivity index (χ1) is 12.5. The molecule has 0 aliphatic heterocycles. The summed E-state index contributed by atoms with van der Waals surface area (Å²) in [5.41, 5.74) is 3.30. The van der Waals surface area contributed by atoms with Crippen molar-refractivity contribution in [3.8, 4) is 5.69 Å². The highest BCUT2D eigenvalue weighted by molar-refractivity contribution is 6.42. The van der Waals surface area contributed by atoms with E-state index >= 15 is 0 Å². The molecule has 0 bridgehead atoms. The first-order valence-electron chi connectivity index (χ1n) is 8.56. The van der Waals surface area contributed by atoms with Gasteiger partial charge in [-0.1, -0.05) is 23.2 Å². The Hall–Kier alpha value is -2.05. The van der Waals surface area contributed by atoms with Gasteiger partial charge in [0.05, 0.1) is 15.7 Å². The lowest BCUT2D eigenvalue weighted by molar-refractivity contribution is -0.118. The number of hydrogen-bond acceptors (Lipinski definition) is 3. The average molecular weight is 395 g/mol. The third kappa shape index (κ3) is 4.02. The molecule has 3 rings (SSSR count). The zero-order valence-corrected chi connectivity index (χ0v) is 16.0. The molecule has 0 saturated heterocycles. The molecule has 26 heavy (non-hydrogen) atoms. The number of benzene rings is 1. The highest BCUT2D eigenvalue weighted by Crippen LogP contribution is 2.30. The van der Waals surface area contributed by atoms with E-state index in [9.17, 15) is 9.59 Å². The summed E-state index contributed by atoms with van der Waals surface area (Å²) in [5, 5.41) is 11.0. The third-order valence-electron chi connectivity index (χ3n) is 4.31. The molecule has 0 radical (unpaired) electrons. The summed E-state index contributed by atoms with van der Waals surface area (Å²) in [6.07, 6.45) is 3.38. The Morgan fingerprint density at radius 2 is 1.92 bits per heavy atom. The van der Waals surface area contributed by atoms with Crippen LogP contribution in [0.1, 0.15) is 41.5 Å². The summed E-state index contributed by atoms with van der Waals surface area (Å²) in [5.74, 6) is -0.265. The summed E-state index contributed by atoms with van der Waals surface area (Å²) in [6, 6.07) is 5.32. The number of halogens is 2. The Bertz CT molecular complexity index is 848. The molecule has 1 heterocycles. The van der Waals surface area contributed by atoms with Crippen molar-refractivity contribution in [2.45, 2.75) is 32.6 Å². The van der Waals surface area contributed by atoms with Crippen molar-refractivity contribution in [2.75, 3.05) is 13.1 Å². The molecule has 0 saturated carbocycles. The van der Waals surface area contributed by atoms with E-state index in [4.69, 9.17) is 23.2 Å². The van der Waals surface area contributed by atoms with Crippen molar-refractivity contribution in [2.24, 2.45) is 0 Å². The second kappa shape index (κ2) is 8.10. The summed E-state index contributed by atoms with van der Waals surface area (Å²) in [6.45, 7) is 2.48. The Morgan fingerprint density at radius 3 is 2.65 bits per heavy atom. The smallest absolute Gasteiger partial charge is 0.272 e. The van der Waals surface area contributed by atoms with E-state index in [1.807, 2.05) is 6.07 Å². The topological polar surface area (TPSA) is 76.0 Å². The lowest BCUT2D eigenvalue weighted by Crippen LogP contribution is -2.29. The number of carbonyl (C=O) groups is 2. The maximum absolute atomic E-state index is 12.5. The Balaban J connectivity index is 1.75. The first kappa shape index (κ1) is 18.7. The normalized spacial score (nSPS) is 12.7. The molecule has 1 aliphatic carbocycles. The molecular weight excluding hydrogens is 375 g/mol. The van der Waals surface area contributed by atoms with Crippen LogP contribution in [0.5, 0.6) is 0 Å². The van der Waals surface area contributed by atoms with Crippen LogP contribution in [0.25, 0.3) is 5.69 Å². The molecule has 1 aromatic carbocycles. The van der Waals surface area contributed by atoms with Gasteiger partial charge in [0, 0.05) is 31.3 Å². The van der Waals surface area contributed by atoms with Crippen LogP contribution in [0.4, 0.5) is 0 Å². The Kier molecular flexibility index (Phi) is 5.84. The van der Waals surface area contributed by atoms with E-state index in [0.717, 1.165) is 36.2 Å². The van der Waals surface area contributed by atoms with E-state index < -0.39 is 0 Å². The molecule has 0 unspecified atom stereocenters. The first-order valence-corrected chi connectivity index (χ1v) is 9.32. The Labute approximate surface area is 161 Å². The maximum Gasteiger partial charge on any atom is 0.272 e. The van der Waals surface area contributed by atoms with Crippen LogP contribution in [0.3, 0.4) is 0 Å². The van der Waals surface area contributed by atoms with E-state index in [1.54, 1.807) is 16.8 Å². The van der Waals surface area contributed by atoms with Crippen molar-refractivity contribution in [1.82, 2.24) is 20.4 Å². The molecule has 0 atom stereocenters. The standard InChI is InChI=1S/C18H20Cl2N4O2/c1-11(25)21-8-3-9-22-18(26)17-13-4-2-5-16(13)24(23-17)12-6-7-14(19)15(20)10-12/h6-7,10H,2-5,8-9H2,1H3,(H,21,25)(H,22,26). The van der Waals surface area contributed by atoms with Crippen LogP contribution in [-0.4, -0.2) is 34.7 Å². The zero-order valence-electron chi connectivity index (χ0n) is 14.4. The van der Waals surface area contributed by atoms with Crippen LogP contribution in [0.2, 0.25) is 10.0 Å². The van der Waals surface area contributed by atoms with Crippen molar-refractivity contribution < 1.29 is 9.59 Å². The van der Waals surface area contributed by atoms with Gasteiger partial charge in [0.2, 0.25) is 5.91 Å². The molecule has 138 valence electrons. The summed E-state index contributed by atoms with van der Waals surface area (Å²) < 4.78 is 1.79. The number of carbonyl (C=O) groups excluding carboxylic acids is 2. The zero-order chi connectivity index (χ0) is 18.7. The molecule has 2 aromatic rings. The molecular formula is C18H20Cl2N4O2. The van der Waals surface area contributed by atoms with Crippen molar-refractivity contribution in [3.05, 3.63) is 45.2 Å². The van der Waals surface area contributed by atoms with E-state index in [2.05, 4.69) is 15.7 Å². The van der Waals surface area contributed by atoms with Gasteiger partial charge in [0.1, 0.15) is 0 Å². The number of hydrogen-bond donors (Lipinski definition) is 2. The summed E-state index contributed by atoms with van der Waals surface area (Å²) >= 11 is 12.1. The predicted molar refractivity (Wildman–Crippen MR) is 101 cm³/mol. The van der Waals surface area contributed by atoms with Gasteiger partial charge in [-0.15, -0.1) is 0 Å². The maximum atomic E-state index is 12.5. The van der Waals surface area contributed by atoms with Crippen LogP contribution < -0.4 is 10.6 Å². The fourth-order valence-corrected chi connectivity index (χ4v) is 3.38. The number of rotatable bonds is 6. The third-order valence-corrected chi connectivity index (χ3v) is 5.05. The van der Waals surface area contributed by atoms with Crippen LogP contribution >= 0.6 is 23.2 Å². The van der Waals surface area contributed by atoms with Gasteiger partial charge in [-0.25, -0.2) is 4.68 Å². The lowest BCUT2D eigenvalue weighted by atomic mass is 10.2. The van der Waals surface area contributed by atoms with Gasteiger partial charge in [0.15, 0.2) is 5.69 Å². The number of amides is 2. The molecule has 1 aromatic heterocycles. The molecule has 0 spiro atoms. The van der Waals surface area contributed by atoms with Gasteiger partial charge >= 0.3 is 0 Å². The van der Waals surface area contributed by atoms with Gasteiger partial charge in [-0.2, -0.15) is 5.10 Å². The summed E-state index contributed by atoms with van der Waals surface area (Å²) in [7, 11) is 0. The fraction of sp³-hybridized carbons (Fsp3) is 0.389. The second-order valence-corrected chi connectivity index (χ2v) is 7.04. The number of fused-ring (bicyclic) bond motifs is 1. The number of aromatic nitrogens is 2. The number of nitrogens with one attached hydrogen (secondary N) is 2. The minimum Gasteiger partial charge on any atom is -0.356 e. The summed E-state index contributed by atoms with van der Waals surface area (Å²) in [4.78, 5) is 23.4. The lowest BCUT2D eigenvalue weighted by Gasteiger charge is -2.07. The average Bonchev–Trinajstić information content (AvgIpc) is 3.19. The van der Waals surface area contributed by atoms with Gasteiger partial charge < -0.3 is 10.6 Å². The van der Waals surface area contributed by atoms with Gasteiger partial charge in [-0.05, 0) is 43.9 Å². The quantitative estimate of drug-likeness (QED) is 0.739. The molecule has 6 nitrogen and oxygen atoms in total. The van der Waals surface area contributed by atoms with Crippen LogP contribution in [-0.2, 0) is 17.6 Å². The molecule has 0 fully saturated rings. The number of nitrogens with zero attached hydrogens (tertiary/aromatic N) is 2. The van der Waals surface area contributed by atoms with E-state index in [-0.39, 0.29) is 11.8 Å². The molecule has 2 amide bonds. The minimum absolute atomic E-state index is 0.0745. The highest BCUT2D eigenvalue weighted by Gasteiger charge is 2.26. The Morgan fingerprint density at radius 1 is 1.15 bits per heavy atom. The monoisotopic (exact) mass is 394 g/mol. The fourth-order valence-electron chi connectivity index (χ4n) is 3.09. The predicted octanol–water partition coefficient (Wildman–Crippen LogP) is 2.92. The van der Waals surface area contributed by atoms with Gasteiger partial charge in [-0.3, -0.25) is 9.59 Å². The van der Waals surface area contributed by atoms with E-state index in [1.165, 1.54) is 6.92 Å². The second-order valence-electron chi connectivity index (χ2n) is 6.23. The van der Waals surface area contributed by atoms with E-state index in [0.29, 0.717) is 35.2 Å². The van der Waals surface area contributed by atoms with Crippen LogP contribution in [0.15, 0.2) is 18.2 Å². The van der Waals surface area contributed by atoms with Crippen molar-refractivity contribution in [3.63, 3.8) is 0 Å². The van der Waals surface area contributed by atoms with Crippen molar-refractivity contribution >= 4 is 35.0 Å². The molecule has 8 heteroatoms. The van der Waals surface area contributed by atoms with Gasteiger partial charge in [0.25, 0.3) is 5.91 Å². The minimum atomic E-state index is -0.190. The molecule has 2 N–H and O–H groups in total.